The molecule has 1 aliphatic carbocycles. The average Bonchev–Trinajstić information content (AvgIpc) is 2.65. The van der Waals surface area contributed by atoms with Gasteiger partial charge in [-0.05, 0) is 43.4 Å². The number of aliphatic imine (C=N–C) groups is 1. The van der Waals surface area contributed by atoms with Crippen LogP contribution in [0.1, 0.15) is 45.1 Å². The highest BCUT2D eigenvalue weighted by atomic mass is 16.5. The van der Waals surface area contributed by atoms with Gasteiger partial charge in [-0.2, -0.15) is 0 Å². The second-order valence-corrected chi connectivity index (χ2v) is 7.69. The van der Waals surface area contributed by atoms with Crippen molar-refractivity contribution in [1.82, 2.24) is 15.6 Å². The van der Waals surface area contributed by atoms with Crippen LogP contribution >= 0.6 is 0 Å². The highest BCUT2D eigenvalue weighted by molar-refractivity contribution is 5.80. The van der Waals surface area contributed by atoms with Gasteiger partial charge in [0.25, 0.3) is 0 Å². The van der Waals surface area contributed by atoms with Crippen LogP contribution < -0.4 is 15.5 Å². The maximum atomic E-state index is 5.63. The van der Waals surface area contributed by atoms with E-state index in [-0.39, 0.29) is 6.10 Å². The van der Waals surface area contributed by atoms with E-state index in [2.05, 4.69) is 51.5 Å². The molecule has 3 atom stereocenters. The molecule has 2 heterocycles. The van der Waals surface area contributed by atoms with Crippen LogP contribution in [0.25, 0.3) is 0 Å². The topological polar surface area (TPSA) is 61.8 Å². The molecule has 6 heteroatoms. The van der Waals surface area contributed by atoms with Crippen molar-refractivity contribution in [3.8, 4) is 0 Å². The minimum Gasteiger partial charge on any atom is -0.375 e. The molecule has 2 aliphatic rings. The maximum absolute atomic E-state index is 5.63. The summed E-state index contributed by atoms with van der Waals surface area (Å²) in [6, 6.07) is 4.77. The van der Waals surface area contributed by atoms with Crippen LogP contribution in [0.5, 0.6) is 0 Å². The number of anilines is 1. The number of nitrogens with zero attached hydrogens (tertiary/aromatic N) is 3. The monoisotopic (exact) mass is 359 g/mol. The first-order chi connectivity index (χ1) is 12.6. The normalized spacial score (nSPS) is 27.3. The van der Waals surface area contributed by atoms with Crippen molar-refractivity contribution < 1.29 is 4.74 Å². The molecule has 1 aliphatic heterocycles. The Morgan fingerprint density at radius 1 is 1.38 bits per heavy atom. The summed E-state index contributed by atoms with van der Waals surface area (Å²) in [6.07, 6.45) is 7.28. The molecule has 1 aromatic heterocycles. The van der Waals surface area contributed by atoms with Gasteiger partial charge in [0.2, 0.25) is 0 Å². The fourth-order valence-electron chi connectivity index (χ4n) is 3.91. The van der Waals surface area contributed by atoms with E-state index in [9.17, 15) is 0 Å². The Morgan fingerprint density at radius 3 is 3.04 bits per heavy atom. The van der Waals surface area contributed by atoms with Gasteiger partial charge in [-0.3, -0.25) is 4.99 Å². The summed E-state index contributed by atoms with van der Waals surface area (Å²) in [5.74, 6) is 2.73. The predicted octanol–water partition coefficient (Wildman–Crippen LogP) is 2.55. The molecule has 0 spiro atoms. The van der Waals surface area contributed by atoms with Gasteiger partial charge in [0.15, 0.2) is 5.96 Å². The number of pyridine rings is 1. The van der Waals surface area contributed by atoms with Crippen LogP contribution in [0.3, 0.4) is 0 Å². The van der Waals surface area contributed by atoms with Crippen LogP contribution in [0.2, 0.25) is 0 Å². The van der Waals surface area contributed by atoms with Crippen LogP contribution in [0, 0.1) is 5.92 Å². The smallest absolute Gasteiger partial charge is 0.191 e. The molecule has 0 aromatic carbocycles. The molecule has 1 saturated heterocycles. The summed E-state index contributed by atoms with van der Waals surface area (Å²) < 4.78 is 5.63. The molecule has 2 fully saturated rings. The van der Waals surface area contributed by atoms with Crippen molar-refractivity contribution in [3.63, 3.8) is 0 Å². The van der Waals surface area contributed by atoms with Gasteiger partial charge in [0.1, 0.15) is 5.82 Å². The number of ether oxygens (including phenoxy) is 1. The van der Waals surface area contributed by atoms with Crippen LogP contribution in [-0.4, -0.2) is 49.8 Å². The number of morpholine rings is 1. The minimum absolute atomic E-state index is 0.258. The molecule has 0 bridgehead atoms. The van der Waals surface area contributed by atoms with Crippen molar-refractivity contribution in [3.05, 3.63) is 23.9 Å². The molecule has 0 amide bonds. The second-order valence-electron chi connectivity index (χ2n) is 7.69. The highest BCUT2D eigenvalue weighted by Crippen LogP contribution is 2.23. The van der Waals surface area contributed by atoms with E-state index in [1.807, 2.05) is 13.2 Å². The van der Waals surface area contributed by atoms with E-state index in [0.717, 1.165) is 43.9 Å². The van der Waals surface area contributed by atoms with E-state index >= 15 is 0 Å². The highest BCUT2D eigenvalue weighted by Gasteiger charge is 2.20. The summed E-state index contributed by atoms with van der Waals surface area (Å²) >= 11 is 0. The average molecular weight is 360 g/mol. The summed E-state index contributed by atoms with van der Waals surface area (Å²) in [6.45, 7) is 7.76. The van der Waals surface area contributed by atoms with Gasteiger partial charge in [0, 0.05) is 38.9 Å². The molecule has 3 rings (SSSR count). The lowest BCUT2D eigenvalue weighted by Gasteiger charge is -2.32. The summed E-state index contributed by atoms with van der Waals surface area (Å²) in [5, 5.41) is 7.04. The first-order valence-corrected chi connectivity index (χ1v) is 9.92. The molecule has 2 N–H and O–H groups in total. The zero-order valence-electron chi connectivity index (χ0n) is 16.4. The molecule has 26 heavy (non-hydrogen) atoms. The van der Waals surface area contributed by atoms with Gasteiger partial charge in [-0.25, -0.2) is 4.98 Å². The van der Waals surface area contributed by atoms with E-state index < -0.39 is 0 Å². The Balaban J connectivity index is 1.54. The van der Waals surface area contributed by atoms with Crippen LogP contribution in [0.4, 0.5) is 5.82 Å². The van der Waals surface area contributed by atoms with Crippen molar-refractivity contribution in [2.75, 3.05) is 31.6 Å². The first kappa shape index (κ1) is 19.0. The number of guanidine groups is 1. The van der Waals surface area contributed by atoms with Gasteiger partial charge < -0.3 is 20.3 Å². The second kappa shape index (κ2) is 9.21. The zero-order valence-corrected chi connectivity index (χ0v) is 16.4. The van der Waals surface area contributed by atoms with E-state index in [4.69, 9.17) is 4.74 Å². The quantitative estimate of drug-likeness (QED) is 0.639. The molecule has 1 aromatic rings. The number of nitrogens with one attached hydrogen (secondary N) is 2. The fourth-order valence-corrected chi connectivity index (χ4v) is 3.91. The lowest BCUT2D eigenvalue weighted by Crippen LogP contribution is -2.44. The standard InChI is InChI=1S/C20H33N5O/c1-15-5-4-6-18(11-15)24-20(21-3)23-13-17-7-8-22-19(12-17)25-9-10-26-16(2)14-25/h7-8,12,15-16,18H,4-6,9-11,13-14H2,1-3H3,(H2,21,23,24). The van der Waals surface area contributed by atoms with E-state index in [1.54, 1.807) is 0 Å². The Kier molecular flexibility index (Phi) is 6.72. The van der Waals surface area contributed by atoms with Crippen LogP contribution in [-0.2, 0) is 11.3 Å². The Bertz CT molecular complexity index is 606. The first-order valence-electron chi connectivity index (χ1n) is 9.92. The third-order valence-corrected chi connectivity index (χ3v) is 5.34. The summed E-state index contributed by atoms with van der Waals surface area (Å²) in [4.78, 5) is 11.2. The predicted molar refractivity (Wildman–Crippen MR) is 107 cm³/mol. The number of rotatable bonds is 4. The lowest BCUT2D eigenvalue weighted by molar-refractivity contribution is 0.0529. The van der Waals surface area contributed by atoms with Crippen molar-refractivity contribution >= 4 is 11.8 Å². The van der Waals surface area contributed by atoms with Crippen LogP contribution in [0.15, 0.2) is 23.3 Å². The molecular formula is C20H33N5O. The Labute approximate surface area is 157 Å². The molecule has 6 nitrogen and oxygen atoms in total. The van der Waals surface area contributed by atoms with Gasteiger partial charge >= 0.3 is 0 Å². The number of aromatic nitrogens is 1. The van der Waals surface area contributed by atoms with Crippen molar-refractivity contribution in [1.29, 1.82) is 0 Å². The van der Waals surface area contributed by atoms with Gasteiger partial charge in [0.05, 0.1) is 12.7 Å². The third-order valence-electron chi connectivity index (χ3n) is 5.34. The lowest BCUT2D eigenvalue weighted by atomic mass is 9.87. The zero-order chi connectivity index (χ0) is 18.4. The summed E-state index contributed by atoms with van der Waals surface area (Å²) in [5.41, 5.74) is 1.22. The molecule has 3 unspecified atom stereocenters. The van der Waals surface area contributed by atoms with Crippen molar-refractivity contribution in [2.45, 2.75) is 58.2 Å². The summed E-state index contributed by atoms with van der Waals surface area (Å²) in [7, 11) is 1.84. The van der Waals surface area contributed by atoms with E-state index in [0.29, 0.717) is 6.04 Å². The SMILES string of the molecule is CN=C(NCc1ccnc(N2CCOC(C)C2)c1)NC1CCCC(C)C1. The largest absolute Gasteiger partial charge is 0.375 e. The Hall–Kier alpha value is -1.82. The van der Waals surface area contributed by atoms with Gasteiger partial charge in [-0.15, -0.1) is 0 Å². The third kappa shape index (κ3) is 5.34. The molecular weight excluding hydrogens is 326 g/mol. The molecule has 1 saturated carbocycles. The minimum atomic E-state index is 0.258. The van der Waals surface area contributed by atoms with Gasteiger partial charge in [-0.1, -0.05) is 19.8 Å². The maximum Gasteiger partial charge on any atom is 0.191 e. The Morgan fingerprint density at radius 2 is 2.27 bits per heavy atom. The molecule has 144 valence electrons. The molecule has 0 radical (unpaired) electrons. The number of hydrogen-bond donors (Lipinski definition) is 2. The number of hydrogen-bond acceptors (Lipinski definition) is 4. The van der Waals surface area contributed by atoms with E-state index in [1.165, 1.54) is 31.2 Å². The fraction of sp³-hybridized carbons (Fsp3) is 0.700. The van der Waals surface area contributed by atoms with Crippen molar-refractivity contribution in [2.24, 2.45) is 10.9 Å².